The molecule has 25 heavy (non-hydrogen) atoms. The van der Waals surface area contributed by atoms with E-state index in [-0.39, 0.29) is 16.9 Å². The Morgan fingerprint density at radius 2 is 2.12 bits per heavy atom. The van der Waals surface area contributed by atoms with Crippen molar-refractivity contribution >= 4 is 28.9 Å². The summed E-state index contributed by atoms with van der Waals surface area (Å²) >= 11 is 6.35. The van der Waals surface area contributed by atoms with Crippen LogP contribution in [0, 0.1) is 11.3 Å². The van der Waals surface area contributed by atoms with Gasteiger partial charge in [-0.1, -0.05) is 11.6 Å². The van der Waals surface area contributed by atoms with Gasteiger partial charge < -0.3 is 24.7 Å². The highest BCUT2D eigenvalue weighted by molar-refractivity contribution is 6.32. The molecule has 0 spiro atoms. The van der Waals surface area contributed by atoms with Crippen molar-refractivity contribution in [2.45, 2.75) is 0 Å². The van der Waals surface area contributed by atoms with Crippen LogP contribution in [0.4, 0.5) is 11.4 Å². The van der Waals surface area contributed by atoms with Crippen molar-refractivity contribution in [1.29, 1.82) is 5.26 Å². The quantitative estimate of drug-likeness (QED) is 0.843. The Hall–Kier alpha value is -2.69. The standard InChI is InChI=1S/C17H17ClN4O3/c1-24-17(23)16-15(20)11(9-19)10-22(16)14-8-12(2-3-13(14)18)21-4-6-25-7-5-21/h2-3,8,10H,4-7,20H2,1H3. The Morgan fingerprint density at radius 1 is 1.40 bits per heavy atom. The number of esters is 1. The molecule has 7 nitrogen and oxygen atoms in total. The van der Waals surface area contributed by atoms with Crippen molar-refractivity contribution in [1.82, 2.24) is 4.57 Å². The molecule has 2 heterocycles. The smallest absolute Gasteiger partial charge is 0.357 e. The molecule has 2 aromatic rings. The van der Waals surface area contributed by atoms with Crippen LogP contribution in [0.5, 0.6) is 0 Å². The van der Waals surface area contributed by atoms with Crippen LogP contribution in [0.1, 0.15) is 16.1 Å². The number of nitrogens with zero attached hydrogens (tertiary/aromatic N) is 3. The number of benzene rings is 1. The van der Waals surface area contributed by atoms with Gasteiger partial charge in [-0.3, -0.25) is 0 Å². The van der Waals surface area contributed by atoms with Crippen LogP contribution in [0.25, 0.3) is 5.69 Å². The highest BCUT2D eigenvalue weighted by Crippen LogP contribution is 2.31. The number of hydrogen-bond donors (Lipinski definition) is 1. The molecule has 0 aliphatic carbocycles. The number of hydrogen-bond acceptors (Lipinski definition) is 6. The molecule has 0 bridgehead atoms. The minimum Gasteiger partial charge on any atom is -0.464 e. The average Bonchev–Trinajstić information content (AvgIpc) is 2.98. The molecule has 1 fully saturated rings. The summed E-state index contributed by atoms with van der Waals surface area (Å²) in [4.78, 5) is 14.3. The molecule has 1 saturated heterocycles. The third-order valence-electron chi connectivity index (χ3n) is 4.11. The van der Waals surface area contributed by atoms with Gasteiger partial charge in [0, 0.05) is 25.0 Å². The highest BCUT2D eigenvalue weighted by Gasteiger charge is 2.23. The molecule has 0 amide bonds. The van der Waals surface area contributed by atoms with Crippen molar-refractivity contribution in [2.75, 3.05) is 44.0 Å². The number of rotatable bonds is 3. The number of nitriles is 1. The third-order valence-corrected chi connectivity index (χ3v) is 4.43. The second-order valence-corrected chi connectivity index (χ2v) is 5.92. The van der Waals surface area contributed by atoms with Gasteiger partial charge in [0.1, 0.15) is 6.07 Å². The van der Waals surface area contributed by atoms with Gasteiger partial charge in [-0.05, 0) is 18.2 Å². The Labute approximate surface area is 150 Å². The lowest BCUT2D eigenvalue weighted by atomic mass is 10.2. The van der Waals surface area contributed by atoms with Gasteiger partial charge >= 0.3 is 5.97 Å². The van der Waals surface area contributed by atoms with E-state index in [4.69, 9.17) is 26.8 Å². The Bertz CT molecular complexity index is 850. The number of halogens is 1. The monoisotopic (exact) mass is 360 g/mol. The van der Waals surface area contributed by atoms with Crippen LogP contribution in [-0.4, -0.2) is 43.9 Å². The van der Waals surface area contributed by atoms with E-state index in [1.54, 1.807) is 6.07 Å². The van der Waals surface area contributed by atoms with E-state index in [0.717, 1.165) is 18.8 Å². The van der Waals surface area contributed by atoms with Crippen molar-refractivity contribution in [3.8, 4) is 11.8 Å². The van der Waals surface area contributed by atoms with Crippen LogP contribution in [-0.2, 0) is 9.47 Å². The molecule has 0 saturated carbocycles. The van der Waals surface area contributed by atoms with Gasteiger partial charge in [-0.2, -0.15) is 5.26 Å². The topological polar surface area (TPSA) is 93.5 Å². The fourth-order valence-corrected chi connectivity index (χ4v) is 3.02. The number of aromatic nitrogens is 1. The fourth-order valence-electron chi connectivity index (χ4n) is 2.81. The second-order valence-electron chi connectivity index (χ2n) is 5.51. The normalized spacial score (nSPS) is 14.2. The first-order valence-electron chi connectivity index (χ1n) is 7.68. The summed E-state index contributed by atoms with van der Waals surface area (Å²) < 4.78 is 11.7. The summed E-state index contributed by atoms with van der Waals surface area (Å²) in [5, 5.41) is 9.67. The first kappa shape index (κ1) is 17.1. The van der Waals surface area contributed by atoms with Gasteiger partial charge in [0.2, 0.25) is 0 Å². The molecule has 1 aliphatic heterocycles. The lowest BCUT2D eigenvalue weighted by Gasteiger charge is -2.29. The number of anilines is 2. The van der Waals surface area contributed by atoms with Gasteiger partial charge in [0.05, 0.1) is 42.3 Å². The first-order valence-corrected chi connectivity index (χ1v) is 8.06. The molecule has 1 aromatic carbocycles. The van der Waals surface area contributed by atoms with Gasteiger partial charge in [0.15, 0.2) is 5.69 Å². The van der Waals surface area contributed by atoms with Crippen molar-refractivity contribution in [3.05, 3.63) is 40.7 Å². The summed E-state index contributed by atoms with van der Waals surface area (Å²) in [5.74, 6) is -0.633. The molecule has 130 valence electrons. The van der Waals surface area contributed by atoms with Crippen LogP contribution < -0.4 is 10.6 Å². The average molecular weight is 361 g/mol. The summed E-state index contributed by atoms with van der Waals surface area (Å²) in [6.45, 7) is 2.84. The number of ether oxygens (including phenoxy) is 2. The Kier molecular flexibility index (Phi) is 4.83. The zero-order chi connectivity index (χ0) is 18.0. The maximum atomic E-state index is 12.2. The number of carbonyl (C=O) groups excluding carboxylic acids is 1. The fraction of sp³-hybridized carbons (Fsp3) is 0.294. The maximum Gasteiger partial charge on any atom is 0.357 e. The van der Waals surface area contributed by atoms with E-state index < -0.39 is 5.97 Å². The summed E-state index contributed by atoms with van der Waals surface area (Å²) in [6, 6.07) is 7.51. The minimum atomic E-state index is -0.633. The van der Waals surface area contributed by atoms with Crippen molar-refractivity contribution < 1.29 is 14.3 Å². The van der Waals surface area contributed by atoms with Gasteiger partial charge in [-0.25, -0.2) is 4.79 Å². The van der Waals surface area contributed by atoms with E-state index in [2.05, 4.69) is 4.90 Å². The van der Waals surface area contributed by atoms with Crippen LogP contribution in [0.3, 0.4) is 0 Å². The first-order chi connectivity index (χ1) is 12.1. The van der Waals surface area contributed by atoms with Crippen LogP contribution >= 0.6 is 11.6 Å². The number of methoxy groups -OCH3 is 1. The predicted octanol–water partition coefficient (Wildman–Crippen LogP) is 2.21. The number of morpholine rings is 1. The van der Waals surface area contributed by atoms with Crippen molar-refractivity contribution in [2.24, 2.45) is 0 Å². The largest absolute Gasteiger partial charge is 0.464 e. The van der Waals surface area contributed by atoms with Crippen LogP contribution in [0.15, 0.2) is 24.4 Å². The third kappa shape index (κ3) is 3.14. The van der Waals surface area contributed by atoms with Gasteiger partial charge in [-0.15, -0.1) is 0 Å². The molecular formula is C17H17ClN4O3. The van der Waals surface area contributed by atoms with E-state index in [1.807, 2.05) is 18.2 Å². The predicted molar refractivity (Wildman–Crippen MR) is 94.3 cm³/mol. The molecule has 3 rings (SSSR count). The molecule has 8 heteroatoms. The summed E-state index contributed by atoms with van der Waals surface area (Å²) in [7, 11) is 1.26. The van der Waals surface area contributed by atoms with E-state index in [1.165, 1.54) is 17.9 Å². The van der Waals surface area contributed by atoms with Gasteiger partial charge in [0.25, 0.3) is 0 Å². The lowest BCUT2D eigenvalue weighted by Crippen LogP contribution is -2.36. The molecule has 0 atom stereocenters. The molecule has 1 aliphatic rings. The molecular weight excluding hydrogens is 344 g/mol. The summed E-state index contributed by atoms with van der Waals surface area (Å²) in [6.07, 6.45) is 1.49. The summed E-state index contributed by atoms with van der Waals surface area (Å²) in [5.41, 5.74) is 7.79. The molecule has 0 unspecified atom stereocenters. The number of nitrogens with two attached hydrogens (primary N) is 1. The number of carbonyl (C=O) groups is 1. The minimum absolute atomic E-state index is 0.0715. The second kappa shape index (κ2) is 7.05. The van der Waals surface area contributed by atoms with E-state index >= 15 is 0 Å². The number of nitrogen functional groups attached to an aromatic ring is 1. The zero-order valence-electron chi connectivity index (χ0n) is 13.7. The van der Waals surface area contributed by atoms with E-state index in [9.17, 15) is 10.1 Å². The van der Waals surface area contributed by atoms with E-state index in [0.29, 0.717) is 23.9 Å². The zero-order valence-corrected chi connectivity index (χ0v) is 14.4. The molecule has 2 N–H and O–H groups in total. The SMILES string of the molecule is COC(=O)c1c(N)c(C#N)cn1-c1cc(N2CCOCC2)ccc1Cl. The Morgan fingerprint density at radius 3 is 2.76 bits per heavy atom. The molecule has 0 radical (unpaired) electrons. The maximum absolute atomic E-state index is 12.2. The lowest BCUT2D eigenvalue weighted by molar-refractivity contribution is 0.0593. The van der Waals surface area contributed by atoms with Crippen LogP contribution in [0.2, 0.25) is 5.02 Å². The van der Waals surface area contributed by atoms with Crippen molar-refractivity contribution in [3.63, 3.8) is 0 Å². The molecule has 1 aromatic heterocycles. The highest BCUT2D eigenvalue weighted by atomic mass is 35.5. The Balaban J connectivity index is 2.13.